The molecule has 0 fully saturated rings. The van der Waals surface area contributed by atoms with Crippen LogP contribution in [0.3, 0.4) is 0 Å². The molecule has 4 nitrogen and oxygen atoms in total. The van der Waals surface area contributed by atoms with E-state index >= 15 is 0 Å². The standard InChI is InChI=1S/C17H14BrF3N4/c18-10-4-5-13-12(6-10)11-2-1-3-14(15(11)24-13)25-16-22-7-9(8-23-16)17(19,20)21/h4-8,14,24H,1-3H2,(H,22,23,25). The lowest BCUT2D eigenvalue weighted by molar-refractivity contribution is -0.138. The van der Waals surface area contributed by atoms with Crippen LogP contribution in [0.15, 0.2) is 35.1 Å². The molecule has 0 aliphatic heterocycles. The van der Waals surface area contributed by atoms with E-state index in [4.69, 9.17) is 0 Å². The van der Waals surface area contributed by atoms with Crippen LogP contribution >= 0.6 is 15.9 Å². The molecule has 4 rings (SSSR count). The lowest BCUT2D eigenvalue weighted by atomic mass is 9.92. The van der Waals surface area contributed by atoms with Crippen LogP contribution in [-0.2, 0) is 12.6 Å². The van der Waals surface area contributed by atoms with Crippen LogP contribution in [0.5, 0.6) is 0 Å². The van der Waals surface area contributed by atoms with Crippen molar-refractivity contribution in [3.05, 3.63) is 51.9 Å². The highest BCUT2D eigenvalue weighted by molar-refractivity contribution is 9.10. The molecule has 0 radical (unpaired) electrons. The first-order valence-electron chi connectivity index (χ1n) is 7.87. The van der Waals surface area contributed by atoms with Crippen molar-refractivity contribution in [2.24, 2.45) is 0 Å². The zero-order valence-electron chi connectivity index (χ0n) is 13.0. The second kappa shape index (κ2) is 6.01. The van der Waals surface area contributed by atoms with Gasteiger partial charge in [0.2, 0.25) is 5.95 Å². The lowest BCUT2D eigenvalue weighted by Gasteiger charge is -2.23. The maximum absolute atomic E-state index is 12.6. The van der Waals surface area contributed by atoms with Crippen LogP contribution < -0.4 is 5.32 Å². The molecule has 0 amide bonds. The number of alkyl halides is 3. The molecule has 1 aromatic carbocycles. The highest BCUT2D eigenvalue weighted by Crippen LogP contribution is 2.37. The van der Waals surface area contributed by atoms with Gasteiger partial charge < -0.3 is 10.3 Å². The monoisotopic (exact) mass is 410 g/mol. The van der Waals surface area contributed by atoms with Gasteiger partial charge in [0.15, 0.2) is 0 Å². The minimum absolute atomic E-state index is 0.0494. The summed E-state index contributed by atoms with van der Waals surface area (Å²) in [6.07, 6.45) is 0.0118. The van der Waals surface area contributed by atoms with Crippen molar-refractivity contribution >= 4 is 32.8 Å². The molecule has 1 aliphatic rings. The van der Waals surface area contributed by atoms with Crippen LogP contribution in [0.1, 0.15) is 35.7 Å². The predicted molar refractivity (Wildman–Crippen MR) is 92.3 cm³/mol. The van der Waals surface area contributed by atoms with Gasteiger partial charge in [0.1, 0.15) is 0 Å². The zero-order valence-corrected chi connectivity index (χ0v) is 14.6. The molecule has 0 saturated heterocycles. The van der Waals surface area contributed by atoms with E-state index in [1.165, 1.54) is 10.9 Å². The summed E-state index contributed by atoms with van der Waals surface area (Å²) in [5.41, 5.74) is 2.50. The van der Waals surface area contributed by atoms with E-state index in [0.29, 0.717) is 0 Å². The van der Waals surface area contributed by atoms with Gasteiger partial charge in [0.05, 0.1) is 11.6 Å². The van der Waals surface area contributed by atoms with Gasteiger partial charge in [-0.1, -0.05) is 15.9 Å². The molecule has 130 valence electrons. The number of fused-ring (bicyclic) bond motifs is 3. The Bertz CT molecular complexity index is 918. The fourth-order valence-corrected chi connectivity index (χ4v) is 3.65. The van der Waals surface area contributed by atoms with E-state index in [9.17, 15) is 13.2 Å². The molecule has 2 heterocycles. The molecule has 3 aromatic rings. The highest BCUT2D eigenvalue weighted by Gasteiger charge is 2.31. The van der Waals surface area contributed by atoms with E-state index in [2.05, 4.69) is 42.3 Å². The topological polar surface area (TPSA) is 53.6 Å². The number of anilines is 1. The average Bonchev–Trinajstić information content (AvgIpc) is 2.94. The summed E-state index contributed by atoms with van der Waals surface area (Å²) in [6, 6.07) is 6.03. The molecule has 2 N–H and O–H groups in total. The number of hydrogen-bond donors (Lipinski definition) is 2. The van der Waals surface area contributed by atoms with Crippen LogP contribution in [-0.4, -0.2) is 15.0 Å². The first-order chi connectivity index (χ1) is 11.9. The fourth-order valence-electron chi connectivity index (χ4n) is 3.28. The number of aromatic amines is 1. The number of benzene rings is 1. The Morgan fingerprint density at radius 1 is 1.20 bits per heavy atom. The minimum Gasteiger partial charge on any atom is -0.356 e. The van der Waals surface area contributed by atoms with E-state index < -0.39 is 11.7 Å². The Balaban J connectivity index is 1.64. The molecule has 0 saturated carbocycles. The molecule has 0 bridgehead atoms. The van der Waals surface area contributed by atoms with Crippen molar-refractivity contribution < 1.29 is 13.2 Å². The summed E-state index contributed by atoms with van der Waals surface area (Å²) in [5, 5.41) is 4.33. The molecule has 1 unspecified atom stereocenters. The minimum atomic E-state index is -4.43. The molecule has 1 aliphatic carbocycles. The number of aromatic nitrogens is 3. The summed E-state index contributed by atoms with van der Waals surface area (Å²) >= 11 is 3.50. The number of nitrogens with one attached hydrogen (secondary N) is 2. The van der Waals surface area contributed by atoms with E-state index in [-0.39, 0.29) is 12.0 Å². The Morgan fingerprint density at radius 2 is 1.96 bits per heavy atom. The van der Waals surface area contributed by atoms with Gasteiger partial charge in [-0.05, 0) is 43.0 Å². The van der Waals surface area contributed by atoms with Crippen molar-refractivity contribution in [1.82, 2.24) is 15.0 Å². The Hall–Kier alpha value is -2.09. The van der Waals surface area contributed by atoms with Crippen LogP contribution in [0.4, 0.5) is 19.1 Å². The van der Waals surface area contributed by atoms with Gasteiger partial charge in [0.25, 0.3) is 0 Å². The molecule has 8 heteroatoms. The van der Waals surface area contributed by atoms with Crippen LogP contribution in [0, 0.1) is 0 Å². The molecule has 0 spiro atoms. The molecule has 1 atom stereocenters. The Labute approximate surface area is 150 Å². The molecular weight excluding hydrogens is 397 g/mol. The molecule has 2 aromatic heterocycles. The second-order valence-corrected chi connectivity index (χ2v) is 7.01. The van der Waals surface area contributed by atoms with E-state index in [1.807, 2.05) is 12.1 Å². The largest absolute Gasteiger partial charge is 0.419 e. The van der Waals surface area contributed by atoms with Gasteiger partial charge in [-0.25, -0.2) is 9.97 Å². The second-order valence-electron chi connectivity index (χ2n) is 6.09. The fraction of sp³-hybridized carbons (Fsp3) is 0.294. The summed E-state index contributed by atoms with van der Waals surface area (Å²) < 4.78 is 38.9. The summed E-state index contributed by atoms with van der Waals surface area (Å²) in [7, 11) is 0. The van der Waals surface area contributed by atoms with Gasteiger partial charge in [-0.15, -0.1) is 0 Å². The normalized spacial score (nSPS) is 17.5. The highest BCUT2D eigenvalue weighted by atomic mass is 79.9. The number of H-pyrrole nitrogens is 1. The maximum Gasteiger partial charge on any atom is 0.419 e. The first-order valence-corrected chi connectivity index (χ1v) is 8.67. The third-order valence-electron chi connectivity index (χ3n) is 4.45. The summed E-state index contributed by atoms with van der Waals surface area (Å²) in [5.74, 6) is 0.200. The van der Waals surface area contributed by atoms with Crippen molar-refractivity contribution in [2.45, 2.75) is 31.5 Å². The summed E-state index contributed by atoms with van der Waals surface area (Å²) in [6.45, 7) is 0. The SMILES string of the molecule is FC(F)(F)c1cnc(NC2CCCc3c2[nH]c2ccc(Br)cc32)nc1. The van der Waals surface area contributed by atoms with Gasteiger partial charge in [0, 0.05) is 33.5 Å². The number of rotatable bonds is 2. The lowest BCUT2D eigenvalue weighted by Crippen LogP contribution is -2.19. The van der Waals surface area contributed by atoms with Crippen LogP contribution in [0.2, 0.25) is 0 Å². The molecular formula is C17H14BrF3N4. The number of aryl methyl sites for hydroxylation is 1. The summed E-state index contributed by atoms with van der Waals surface area (Å²) in [4.78, 5) is 11.1. The molecule has 25 heavy (non-hydrogen) atoms. The van der Waals surface area contributed by atoms with E-state index in [1.54, 1.807) is 0 Å². The Morgan fingerprint density at radius 3 is 2.68 bits per heavy atom. The smallest absolute Gasteiger partial charge is 0.356 e. The number of halogens is 4. The Kier molecular flexibility index (Phi) is 3.94. The number of nitrogens with zero attached hydrogens (tertiary/aromatic N) is 2. The van der Waals surface area contributed by atoms with Crippen molar-refractivity contribution in [3.8, 4) is 0 Å². The zero-order chi connectivity index (χ0) is 17.6. The van der Waals surface area contributed by atoms with E-state index in [0.717, 1.165) is 47.3 Å². The third-order valence-corrected chi connectivity index (χ3v) is 4.94. The quantitative estimate of drug-likeness (QED) is 0.608. The third kappa shape index (κ3) is 3.10. The van der Waals surface area contributed by atoms with Gasteiger partial charge >= 0.3 is 6.18 Å². The van der Waals surface area contributed by atoms with Gasteiger partial charge in [-0.2, -0.15) is 13.2 Å². The maximum atomic E-state index is 12.6. The van der Waals surface area contributed by atoms with Crippen molar-refractivity contribution in [2.75, 3.05) is 5.32 Å². The van der Waals surface area contributed by atoms with Gasteiger partial charge in [-0.3, -0.25) is 0 Å². The predicted octanol–water partition coefficient (Wildman–Crippen LogP) is 5.23. The average molecular weight is 411 g/mol. The van der Waals surface area contributed by atoms with Crippen molar-refractivity contribution in [1.29, 1.82) is 0 Å². The first kappa shape index (κ1) is 16.4. The van der Waals surface area contributed by atoms with Crippen molar-refractivity contribution in [3.63, 3.8) is 0 Å². The number of hydrogen-bond acceptors (Lipinski definition) is 3. The van der Waals surface area contributed by atoms with Crippen LogP contribution in [0.25, 0.3) is 10.9 Å².